The van der Waals surface area contributed by atoms with Gasteiger partial charge in [-0.15, -0.1) is 0 Å². The normalized spacial score (nSPS) is 11.5. The summed E-state index contributed by atoms with van der Waals surface area (Å²) in [7, 11) is 1.88. The van der Waals surface area contributed by atoms with Crippen LogP contribution in [0.1, 0.15) is 18.4 Å². The first-order valence-electron chi connectivity index (χ1n) is 11.7. The average Bonchev–Trinajstić information content (AvgIpc) is 3.17. The van der Waals surface area contributed by atoms with Gasteiger partial charge in [0.1, 0.15) is 5.82 Å². The van der Waals surface area contributed by atoms with Crippen LogP contribution in [-0.4, -0.2) is 50.6 Å². The van der Waals surface area contributed by atoms with Gasteiger partial charge in [0.2, 0.25) is 11.9 Å². The van der Waals surface area contributed by atoms with Gasteiger partial charge in [-0.25, -0.2) is 9.37 Å². The Morgan fingerprint density at radius 2 is 1.83 bits per heavy atom. The molecule has 4 rings (SSSR count). The predicted molar refractivity (Wildman–Crippen MR) is 137 cm³/mol. The van der Waals surface area contributed by atoms with Gasteiger partial charge in [-0.05, 0) is 62.8 Å². The van der Waals surface area contributed by atoms with Gasteiger partial charge in [0, 0.05) is 25.4 Å². The van der Waals surface area contributed by atoms with Gasteiger partial charge in [0.05, 0.1) is 16.6 Å². The van der Waals surface area contributed by atoms with Crippen LogP contribution in [0.25, 0.3) is 22.2 Å². The van der Waals surface area contributed by atoms with E-state index in [1.165, 1.54) is 12.3 Å². The maximum Gasteiger partial charge on any atom is 0.282 e. The van der Waals surface area contributed by atoms with Crippen molar-refractivity contribution >= 4 is 22.9 Å². The molecule has 0 bridgehead atoms. The number of imidazole rings is 1. The molecule has 0 saturated heterocycles. The van der Waals surface area contributed by atoms with Crippen LogP contribution in [0.15, 0.2) is 53.5 Å². The lowest BCUT2D eigenvalue weighted by Gasteiger charge is -2.22. The molecule has 0 atom stereocenters. The second kappa shape index (κ2) is 11.2. The van der Waals surface area contributed by atoms with Crippen molar-refractivity contribution in [2.45, 2.75) is 19.4 Å². The summed E-state index contributed by atoms with van der Waals surface area (Å²) in [6.45, 7) is 3.18. The minimum absolute atomic E-state index is 0.254. The molecule has 4 aromatic rings. The number of nitrogens with two attached hydrogens (primary N) is 2. The Morgan fingerprint density at radius 3 is 2.49 bits per heavy atom. The number of anilines is 2. The van der Waals surface area contributed by atoms with Crippen LogP contribution < -0.4 is 22.3 Å². The van der Waals surface area contributed by atoms with Gasteiger partial charge in [-0.2, -0.15) is 4.98 Å². The van der Waals surface area contributed by atoms with Crippen LogP contribution in [0.2, 0.25) is 0 Å². The molecule has 0 saturated carbocycles. The lowest BCUT2D eigenvalue weighted by atomic mass is 10.1. The molecule has 0 aliphatic carbocycles. The fourth-order valence-corrected chi connectivity index (χ4v) is 4.01. The lowest BCUT2D eigenvalue weighted by molar-refractivity contribution is 0.258. The summed E-state index contributed by atoms with van der Waals surface area (Å²) in [6.07, 6.45) is 3.20. The molecule has 35 heavy (non-hydrogen) atoms. The summed E-state index contributed by atoms with van der Waals surface area (Å²) < 4.78 is 16.8. The number of nitrogens with one attached hydrogen (secondary N) is 2. The fourth-order valence-electron chi connectivity index (χ4n) is 4.01. The topological polar surface area (TPSA) is 131 Å². The molecule has 2 aromatic carbocycles. The monoisotopic (exact) mass is 478 g/mol. The van der Waals surface area contributed by atoms with Crippen molar-refractivity contribution in [3.8, 4) is 11.1 Å². The third-order valence-electron chi connectivity index (χ3n) is 5.93. The van der Waals surface area contributed by atoms with E-state index < -0.39 is 5.56 Å². The molecule has 10 heteroatoms. The minimum atomic E-state index is -0.468. The quantitative estimate of drug-likeness (QED) is 0.261. The van der Waals surface area contributed by atoms with Crippen LogP contribution >= 0.6 is 0 Å². The number of aromatic nitrogens is 4. The minimum Gasteiger partial charge on any atom is -0.331 e. The Balaban J connectivity index is 1.51. The van der Waals surface area contributed by atoms with E-state index in [0.29, 0.717) is 36.7 Å². The molecule has 0 radical (unpaired) electrons. The zero-order chi connectivity index (χ0) is 24.8. The average molecular weight is 479 g/mol. The van der Waals surface area contributed by atoms with Gasteiger partial charge in [-0.3, -0.25) is 15.0 Å². The van der Waals surface area contributed by atoms with E-state index >= 15 is 0 Å². The van der Waals surface area contributed by atoms with Gasteiger partial charge in [0.15, 0.2) is 0 Å². The number of hydrogen-bond acceptors (Lipinski definition) is 7. The molecule has 0 aliphatic rings. The number of rotatable bonds is 11. The van der Waals surface area contributed by atoms with Crippen LogP contribution in [0.4, 0.5) is 16.3 Å². The third kappa shape index (κ3) is 5.73. The summed E-state index contributed by atoms with van der Waals surface area (Å²) in [5.41, 5.74) is 13.9. The van der Waals surface area contributed by atoms with E-state index in [0.717, 1.165) is 37.0 Å². The van der Waals surface area contributed by atoms with Gasteiger partial charge >= 0.3 is 0 Å². The number of aromatic amines is 1. The van der Waals surface area contributed by atoms with Gasteiger partial charge in [-0.1, -0.05) is 24.3 Å². The molecule has 0 unspecified atom stereocenters. The summed E-state index contributed by atoms with van der Waals surface area (Å²) in [4.78, 5) is 26.5. The Bertz CT molecular complexity index is 1340. The van der Waals surface area contributed by atoms with Crippen molar-refractivity contribution in [2.24, 2.45) is 18.5 Å². The van der Waals surface area contributed by atoms with Crippen molar-refractivity contribution < 1.29 is 4.39 Å². The first-order chi connectivity index (χ1) is 17.0. The highest BCUT2D eigenvalue weighted by molar-refractivity contribution is 5.79. The maximum atomic E-state index is 15.0. The lowest BCUT2D eigenvalue weighted by Crippen LogP contribution is -2.28. The van der Waals surface area contributed by atoms with Crippen molar-refractivity contribution in [1.29, 1.82) is 0 Å². The molecule has 2 aromatic heterocycles. The van der Waals surface area contributed by atoms with Crippen LogP contribution in [0.5, 0.6) is 0 Å². The molecule has 0 aliphatic heterocycles. The highest BCUT2D eigenvalue weighted by Gasteiger charge is 2.14. The molecule has 0 spiro atoms. The number of H-pyrrole nitrogens is 1. The van der Waals surface area contributed by atoms with Crippen molar-refractivity contribution in [1.82, 2.24) is 24.4 Å². The van der Waals surface area contributed by atoms with Crippen molar-refractivity contribution in [3.63, 3.8) is 0 Å². The van der Waals surface area contributed by atoms with E-state index in [1.54, 1.807) is 12.1 Å². The maximum absolute atomic E-state index is 15.0. The number of hydrogen-bond donors (Lipinski definition) is 4. The van der Waals surface area contributed by atoms with Crippen LogP contribution in [-0.2, 0) is 13.6 Å². The molecular formula is C25H31FN8O. The smallest absolute Gasteiger partial charge is 0.282 e. The molecule has 9 nitrogen and oxygen atoms in total. The van der Waals surface area contributed by atoms with Crippen molar-refractivity contribution in [3.05, 3.63) is 70.4 Å². The first kappa shape index (κ1) is 24.5. The van der Waals surface area contributed by atoms with E-state index in [1.807, 2.05) is 35.9 Å². The fraction of sp³-hybridized carbons (Fsp3) is 0.320. The molecule has 6 N–H and O–H groups in total. The number of aryl methyl sites for hydroxylation is 1. The zero-order valence-corrected chi connectivity index (χ0v) is 19.8. The van der Waals surface area contributed by atoms with E-state index in [2.05, 4.69) is 25.2 Å². The van der Waals surface area contributed by atoms with Gasteiger partial charge in [0.25, 0.3) is 5.56 Å². The molecule has 184 valence electrons. The van der Waals surface area contributed by atoms with Crippen LogP contribution in [0.3, 0.4) is 0 Å². The molecule has 0 amide bonds. The Kier molecular flexibility index (Phi) is 7.86. The molecule has 2 heterocycles. The SMILES string of the molecule is Cn1c(Nc2nc(=O)c(-c3ccc(CN(CCCN)CCCN)c(F)c3)c[nH]2)nc2ccccc21. The molecular weight excluding hydrogens is 447 g/mol. The Labute approximate surface area is 203 Å². The number of halogens is 1. The number of benzene rings is 2. The van der Waals surface area contributed by atoms with E-state index in [-0.39, 0.29) is 17.3 Å². The standard InChI is InChI=1S/C25H31FN8O/c1-33-22-7-3-2-6-21(22)30-25(33)32-24-29-15-19(23(35)31-24)17-8-9-18(20(26)14-17)16-34(12-4-10-27)13-5-11-28/h2-3,6-9,14-15H,4-5,10-13,16,27-28H2,1H3,(H2,29,30,31,32,35). The highest BCUT2D eigenvalue weighted by Crippen LogP contribution is 2.22. The van der Waals surface area contributed by atoms with Crippen LogP contribution in [0, 0.1) is 5.82 Å². The molecule has 0 fully saturated rings. The van der Waals surface area contributed by atoms with E-state index in [4.69, 9.17) is 11.5 Å². The first-order valence-corrected chi connectivity index (χ1v) is 11.7. The summed E-state index contributed by atoms with van der Waals surface area (Å²) in [5, 5.41) is 3.04. The Morgan fingerprint density at radius 1 is 1.09 bits per heavy atom. The van der Waals surface area contributed by atoms with Gasteiger partial charge < -0.3 is 21.0 Å². The summed E-state index contributed by atoms with van der Waals surface area (Å²) in [5.74, 6) is 0.435. The van der Waals surface area contributed by atoms with Crippen molar-refractivity contribution in [2.75, 3.05) is 31.5 Å². The number of fused-ring (bicyclic) bond motifs is 1. The summed E-state index contributed by atoms with van der Waals surface area (Å²) >= 11 is 0. The Hall–Kier alpha value is -3.60. The number of para-hydroxylation sites is 2. The van der Waals surface area contributed by atoms with E-state index in [9.17, 15) is 9.18 Å². The number of nitrogens with zero attached hydrogens (tertiary/aromatic N) is 4. The second-order valence-electron chi connectivity index (χ2n) is 8.44. The zero-order valence-electron chi connectivity index (χ0n) is 19.8. The summed E-state index contributed by atoms with van der Waals surface area (Å²) in [6, 6.07) is 12.6. The largest absolute Gasteiger partial charge is 0.331 e. The highest BCUT2D eigenvalue weighted by atomic mass is 19.1. The third-order valence-corrected chi connectivity index (χ3v) is 5.93. The second-order valence-corrected chi connectivity index (χ2v) is 8.44. The predicted octanol–water partition coefficient (Wildman–Crippen LogP) is 2.71.